The van der Waals surface area contributed by atoms with Crippen molar-refractivity contribution in [3.63, 3.8) is 0 Å². The zero-order valence-corrected chi connectivity index (χ0v) is 13.3. The highest BCUT2D eigenvalue weighted by Crippen LogP contribution is 2.12. The Morgan fingerprint density at radius 2 is 1.82 bits per heavy atom. The Hall–Kier alpha value is -1.22. The van der Waals surface area contributed by atoms with Crippen LogP contribution in [0.5, 0.6) is 5.75 Å². The summed E-state index contributed by atoms with van der Waals surface area (Å²) in [5.41, 5.74) is 0. The van der Waals surface area contributed by atoms with Gasteiger partial charge in [0.1, 0.15) is 24.3 Å². The minimum atomic E-state index is -3.14. The molecular weight excluding hydrogens is 311 g/mol. The van der Waals surface area contributed by atoms with E-state index in [4.69, 9.17) is 4.74 Å². The van der Waals surface area contributed by atoms with E-state index in [0.717, 1.165) is 0 Å². The van der Waals surface area contributed by atoms with Crippen molar-refractivity contribution in [2.75, 3.05) is 45.6 Å². The molecule has 0 aliphatic carbocycles. The quantitative estimate of drug-likeness (QED) is 0.803. The lowest BCUT2D eigenvalue weighted by molar-refractivity contribution is 0.0569. The molecule has 1 N–H and O–H groups in total. The molecule has 2 rings (SSSR count). The van der Waals surface area contributed by atoms with E-state index >= 15 is 0 Å². The monoisotopic (exact) mass is 332 g/mol. The van der Waals surface area contributed by atoms with Crippen molar-refractivity contribution in [3.8, 4) is 5.75 Å². The van der Waals surface area contributed by atoms with E-state index in [2.05, 4.69) is 0 Å². The predicted molar refractivity (Wildman–Crippen MR) is 80.8 cm³/mol. The molecule has 0 aromatic heterocycles. The fraction of sp³-hybridized carbons (Fsp3) is 0.571. The Morgan fingerprint density at radius 1 is 1.23 bits per heavy atom. The fourth-order valence-electron chi connectivity index (χ4n) is 2.32. The first kappa shape index (κ1) is 17.1. The van der Waals surface area contributed by atoms with E-state index in [1.165, 1.54) is 34.8 Å². The van der Waals surface area contributed by atoms with Gasteiger partial charge in [0.25, 0.3) is 0 Å². The van der Waals surface area contributed by atoms with Crippen LogP contribution in [0.25, 0.3) is 0 Å². The summed E-state index contributed by atoms with van der Waals surface area (Å²) in [4.78, 5) is 2.00. The minimum absolute atomic E-state index is 0.109. The van der Waals surface area contributed by atoms with Crippen molar-refractivity contribution in [1.29, 1.82) is 0 Å². The van der Waals surface area contributed by atoms with Crippen LogP contribution in [0.15, 0.2) is 24.3 Å². The van der Waals surface area contributed by atoms with Crippen LogP contribution >= 0.6 is 0 Å². The van der Waals surface area contributed by atoms with E-state index < -0.39 is 16.1 Å². The van der Waals surface area contributed by atoms with Crippen molar-refractivity contribution in [1.82, 2.24) is 9.21 Å². The molecule has 8 heteroatoms. The molecule has 1 aromatic rings. The highest BCUT2D eigenvalue weighted by Gasteiger charge is 2.24. The van der Waals surface area contributed by atoms with Gasteiger partial charge in [-0.1, -0.05) is 0 Å². The summed E-state index contributed by atoms with van der Waals surface area (Å²) in [5, 5.41) is 9.97. The lowest BCUT2D eigenvalue weighted by Crippen LogP contribution is -2.50. The van der Waals surface area contributed by atoms with E-state index in [1.807, 2.05) is 4.90 Å². The molecular formula is C14H21FN2O4S. The van der Waals surface area contributed by atoms with E-state index in [0.29, 0.717) is 38.5 Å². The highest BCUT2D eigenvalue weighted by atomic mass is 32.2. The van der Waals surface area contributed by atoms with Crippen molar-refractivity contribution < 1.29 is 22.7 Å². The molecule has 1 heterocycles. The van der Waals surface area contributed by atoms with Gasteiger partial charge >= 0.3 is 0 Å². The zero-order valence-electron chi connectivity index (χ0n) is 12.5. The smallest absolute Gasteiger partial charge is 0.211 e. The summed E-state index contributed by atoms with van der Waals surface area (Å²) in [6.45, 7) is 2.56. The number of piperazine rings is 1. The first-order valence-electron chi connectivity index (χ1n) is 7.08. The van der Waals surface area contributed by atoms with Crippen molar-refractivity contribution in [2.45, 2.75) is 6.10 Å². The number of aliphatic hydroxyl groups excluding tert-OH is 1. The summed E-state index contributed by atoms with van der Waals surface area (Å²) < 4.78 is 42.4. The minimum Gasteiger partial charge on any atom is -0.491 e. The first-order chi connectivity index (χ1) is 10.3. The molecule has 1 atom stereocenters. The van der Waals surface area contributed by atoms with Crippen molar-refractivity contribution in [3.05, 3.63) is 30.1 Å². The standard InChI is InChI=1S/C14H21FN2O4S/c1-22(19,20)17-8-6-16(7-9-17)10-13(18)11-21-14-4-2-12(15)3-5-14/h2-5,13,18H,6-11H2,1H3. The van der Waals surface area contributed by atoms with Gasteiger partial charge in [0.2, 0.25) is 10.0 Å². The van der Waals surface area contributed by atoms with Crippen LogP contribution in [-0.4, -0.2) is 74.4 Å². The maximum atomic E-state index is 12.8. The maximum Gasteiger partial charge on any atom is 0.211 e. The lowest BCUT2D eigenvalue weighted by Gasteiger charge is -2.34. The second-order valence-corrected chi connectivity index (χ2v) is 7.36. The fourth-order valence-corrected chi connectivity index (χ4v) is 3.14. The van der Waals surface area contributed by atoms with Gasteiger partial charge in [-0.3, -0.25) is 4.90 Å². The topological polar surface area (TPSA) is 70.1 Å². The average molecular weight is 332 g/mol. The molecule has 1 saturated heterocycles. The van der Waals surface area contributed by atoms with E-state index in [-0.39, 0.29) is 12.4 Å². The van der Waals surface area contributed by atoms with Crippen LogP contribution in [0.1, 0.15) is 0 Å². The van der Waals surface area contributed by atoms with Gasteiger partial charge in [-0.25, -0.2) is 12.8 Å². The normalized spacial score (nSPS) is 19.0. The number of rotatable bonds is 6. The third-order valence-corrected chi connectivity index (χ3v) is 4.83. The Kier molecular flexibility index (Phi) is 5.74. The summed E-state index contributed by atoms with van der Waals surface area (Å²) >= 11 is 0. The number of aliphatic hydroxyl groups is 1. The molecule has 0 spiro atoms. The number of hydrogen-bond donors (Lipinski definition) is 1. The van der Waals surface area contributed by atoms with Crippen LogP contribution in [0.3, 0.4) is 0 Å². The first-order valence-corrected chi connectivity index (χ1v) is 8.93. The van der Waals surface area contributed by atoms with Gasteiger partial charge in [0.05, 0.1) is 6.26 Å². The number of benzene rings is 1. The highest BCUT2D eigenvalue weighted by molar-refractivity contribution is 7.88. The molecule has 1 unspecified atom stereocenters. The van der Waals surface area contributed by atoms with Crippen LogP contribution < -0.4 is 4.74 Å². The second kappa shape index (κ2) is 7.36. The van der Waals surface area contributed by atoms with Crippen LogP contribution in [-0.2, 0) is 10.0 Å². The molecule has 6 nitrogen and oxygen atoms in total. The van der Waals surface area contributed by atoms with Crippen molar-refractivity contribution in [2.24, 2.45) is 0 Å². The van der Waals surface area contributed by atoms with Crippen LogP contribution in [0.4, 0.5) is 4.39 Å². The van der Waals surface area contributed by atoms with E-state index in [1.54, 1.807) is 0 Å². The number of halogens is 1. The molecule has 1 fully saturated rings. The van der Waals surface area contributed by atoms with Gasteiger partial charge in [0, 0.05) is 32.7 Å². The summed E-state index contributed by atoms with van der Waals surface area (Å²) in [6.07, 6.45) is 0.517. The lowest BCUT2D eigenvalue weighted by atomic mass is 10.3. The Bertz CT molecular complexity index is 571. The van der Waals surface area contributed by atoms with Gasteiger partial charge < -0.3 is 9.84 Å². The van der Waals surface area contributed by atoms with Gasteiger partial charge in [-0.15, -0.1) is 0 Å². The number of ether oxygens (including phenoxy) is 1. The molecule has 0 radical (unpaired) electrons. The number of hydrogen-bond acceptors (Lipinski definition) is 5. The molecule has 22 heavy (non-hydrogen) atoms. The molecule has 0 amide bonds. The third-order valence-electron chi connectivity index (χ3n) is 3.53. The molecule has 1 aliphatic rings. The van der Waals surface area contributed by atoms with Gasteiger partial charge in [0.15, 0.2) is 0 Å². The number of β-amino-alcohol motifs (C(OH)–C–C–N with tert-alkyl or cyclic N) is 1. The SMILES string of the molecule is CS(=O)(=O)N1CCN(CC(O)COc2ccc(F)cc2)CC1. The molecule has 124 valence electrons. The summed E-state index contributed by atoms with van der Waals surface area (Å²) in [7, 11) is -3.14. The number of nitrogens with zero attached hydrogens (tertiary/aromatic N) is 2. The van der Waals surface area contributed by atoms with Gasteiger partial charge in [-0.2, -0.15) is 4.31 Å². The molecule has 0 saturated carbocycles. The largest absolute Gasteiger partial charge is 0.491 e. The zero-order chi connectivity index (χ0) is 16.2. The Morgan fingerprint density at radius 3 is 2.36 bits per heavy atom. The third kappa shape index (κ3) is 5.20. The maximum absolute atomic E-state index is 12.8. The second-order valence-electron chi connectivity index (χ2n) is 5.38. The van der Waals surface area contributed by atoms with Gasteiger partial charge in [-0.05, 0) is 24.3 Å². The molecule has 1 aliphatic heterocycles. The molecule has 1 aromatic carbocycles. The van der Waals surface area contributed by atoms with E-state index in [9.17, 15) is 17.9 Å². The van der Waals surface area contributed by atoms with Crippen LogP contribution in [0, 0.1) is 5.82 Å². The molecule has 0 bridgehead atoms. The van der Waals surface area contributed by atoms with Crippen molar-refractivity contribution >= 4 is 10.0 Å². The summed E-state index contributed by atoms with van der Waals surface area (Å²) in [6, 6.07) is 5.61. The number of sulfonamides is 1. The Labute approximate surface area is 130 Å². The van der Waals surface area contributed by atoms with Crippen LogP contribution in [0.2, 0.25) is 0 Å². The summed E-state index contributed by atoms with van der Waals surface area (Å²) in [5.74, 6) is 0.166. The average Bonchev–Trinajstić information content (AvgIpc) is 2.46. The Balaban J connectivity index is 1.72. The predicted octanol–water partition coefficient (Wildman–Crippen LogP) is 0.143.